The Morgan fingerprint density at radius 1 is 1.09 bits per heavy atom. The fraction of sp³-hybridized carbons (Fsp3) is 0.300. The van der Waals surface area contributed by atoms with E-state index >= 15 is 0 Å². The fourth-order valence-electron chi connectivity index (χ4n) is 3.61. The Balaban J connectivity index is 1.45. The zero-order valence-corrected chi connectivity index (χ0v) is 18.2. The standard InChI is InChI=1S/C20H20N8O3S/c1-29-16-11-15(25-20-23-7-9-32-20)24-19(26-16)28-8-3-4-13(28)14-10-12(27-31-14)17-18(30-2)22-6-5-21-17/h5-7,9-11,13H,3-4,8H2,1-2H3,(H,23,24,25,26)/t13-/m0/s1. The highest BCUT2D eigenvalue weighted by Gasteiger charge is 2.32. The van der Waals surface area contributed by atoms with E-state index in [-0.39, 0.29) is 6.04 Å². The molecule has 11 nitrogen and oxygen atoms in total. The molecule has 1 fully saturated rings. The van der Waals surface area contributed by atoms with Crippen LogP contribution in [0.15, 0.2) is 40.6 Å². The van der Waals surface area contributed by atoms with Crippen LogP contribution in [-0.2, 0) is 0 Å². The minimum Gasteiger partial charge on any atom is -0.481 e. The molecule has 1 atom stereocenters. The highest BCUT2D eigenvalue weighted by atomic mass is 32.1. The van der Waals surface area contributed by atoms with Crippen molar-refractivity contribution >= 4 is 28.2 Å². The van der Waals surface area contributed by atoms with Crippen molar-refractivity contribution in [1.29, 1.82) is 0 Å². The number of nitrogens with one attached hydrogen (secondary N) is 1. The molecule has 0 aromatic carbocycles. The second-order valence-electron chi connectivity index (χ2n) is 6.94. The van der Waals surface area contributed by atoms with Crippen LogP contribution < -0.4 is 19.7 Å². The summed E-state index contributed by atoms with van der Waals surface area (Å²) >= 11 is 1.49. The third-order valence-corrected chi connectivity index (χ3v) is 5.72. The highest BCUT2D eigenvalue weighted by molar-refractivity contribution is 7.13. The first-order chi connectivity index (χ1) is 15.7. The van der Waals surface area contributed by atoms with Gasteiger partial charge in [0.25, 0.3) is 0 Å². The van der Waals surface area contributed by atoms with Crippen LogP contribution in [0.2, 0.25) is 0 Å². The lowest BCUT2D eigenvalue weighted by Gasteiger charge is -2.23. The van der Waals surface area contributed by atoms with Gasteiger partial charge < -0.3 is 24.2 Å². The van der Waals surface area contributed by atoms with Gasteiger partial charge in [0.1, 0.15) is 11.5 Å². The Morgan fingerprint density at radius 3 is 2.81 bits per heavy atom. The molecule has 32 heavy (non-hydrogen) atoms. The van der Waals surface area contributed by atoms with Crippen molar-refractivity contribution in [3.8, 4) is 23.1 Å². The van der Waals surface area contributed by atoms with Gasteiger partial charge in [0, 0.05) is 42.6 Å². The van der Waals surface area contributed by atoms with Gasteiger partial charge in [0.05, 0.1) is 20.3 Å². The number of ether oxygens (including phenoxy) is 2. The van der Waals surface area contributed by atoms with E-state index < -0.39 is 0 Å². The van der Waals surface area contributed by atoms with E-state index in [2.05, 4.69) is 35.3 Å². The summed E-state index contributed by atoms with van der Waals surface area (Å²) < 4.78 is 16.4. The Hall–Kier alpha value is -3.80. The van der Waals surface area contributed by atoms with Crippen molar-refractivity contribution in [2.24, 2.45) is 0 Å². The fourth-order valence-corrected chi connectivity index (χ4v) is 4.15. The van der Waals surface area contributed by atoms with Gasteiger partial charge in [-0.15, -0.1) is 11.3 Å². The zero-order chi connectivity index (χ0) is 21.9. The maximum Gasteiger partial charge on any atom is 0.242 e. The van der Waals surface area contributed by atoms with E-state index in [0.29, 0.717) is 40.7 Å². The molecule has 0 bridgehead atoms. The van der Waals surface area contributed by atoms with E-state index in [0.717, 1.165) is 24.5 Å². The molecule has 0 unspecified atom stereocenters. The summed E-state index contributed by atoms with van der Waals surface area (Å²) in [5.74, 6) is 2.70. The van der Waals surface area contributed by atoms with Crippen LogP contribution in [0.25, 0.3) is 11.4 Å². The van der Waals surface area contributed by atoms with Crippen LogP contribution in [-0.4, -0.2) is 50.8 Å². The van der Waals surface area contributed by atoms with Gasteiger partial charge in [-0.2, -0.15) is 9.97 Å². The molecule has 4 aromatic heterocycles. The predicted molar refractivity (Wildman–Crippen MR) is 117 cm³/mol. The van der Waals surface area contributed by atoms with E-state index in [9.17, 15) is 0 Å². The SMILES string of the molecule is COc1cc(Nc2nccs2)nc(N2CCC[C@H]2c2cc(-c3nccnc3OC)no2)n1. The molecule has 5 heterocycles. The van der Waals surface area contributed by atoms with Crippen molar-refractivity contribution < 1.29 is 14.0 Å². The number of hydrogen-bond donors (Lipinski definition) is 1. The third-order valence-electron chi connectivity index (χ3n) is 5.03. The predicted octanol–water partition coefficient (Wildman–Crippen LogP) is 3.48. The number of rotatable bonds is 7. The average molecular weight is 453 g/mol. The van der Waals surface area contributed by atoms with E-state index in [1.54, 1.807) is 38.9 Å². The second-order valence-corrected chi connectivity index (χ2v) is 7.83. The van der Waals surface area contributed by atoms with Gasteiger partial charge in [-0.1, -0.05) is 5.16 Å². The molecule has 0 saturated carbocycles. The number of anilines is 3. The normalized spacial score (nSPS) is 15.7. The Kier molecular flexibility index (Phi) is 5.50. The highest BCUT2D eigenvalue weighted by Crippen LogP contribution is 2.37. The van der Waals surface area contributed by atoms with Gasteiger partial charge in [0.2, 0.25) is 17.7 Å². The third kappa shape index (κ3) is 3.91. The Morgan fingerprint density at radius 2 is 2.00 bits per heavy atom. The van der Waals surface area contributed by atoms with E-state index in [4.69, 9.17) is 19.0 Å². The summed E-state index contributed by atoms with van der Waals surface area (Å²) in [5.41, 5.74) is 1.09. The van der Waals surface area contributed by atoms with Gasteiger partial charge in [-0.3, -0.25) is 0 Å². The molecular weight excluding hydrogens is 432 g/mol. The molecule has 1 N–H and O–H groups in total. The first-order valence-electron chi connectivity index (χ1n) is 9.93. The summed E-state index contributed by atoms with van der Waals surface area (Å²) in [6, 6.07) is 3.53. The molecule has 5 rings (SSSR count). The summed E-state index contributed by atoms with van der Waals surface area (Å²) in [7, 11) is 3.13. The molecule has 4 aromatic rings. The van der Waals surface area contributed by atoms with Crippen LogP contribution in [0.5, 0.6) is 11.8 Å². The summed E-state index contributed by atoms with van der Waals surface area (Å²) in [4.78, 5) is 24.1. The number of nitrogens with zero attached hydrogens (tertiary/aromatic N) is 7. The molecular formula is C20H20N8O3S. The monoisotopic (exact) mass is 452 g/mol. The van der Waals surface area contributed by atoms with Gasteiger partial charge in [-0.05, 0) is 12.8 Å². The summed E-state index contributed by atoms with van der Waals surface area (Å²) in [6.45, 7) is 0.777. The van der Waals surface area contributed by atoms with Crippen LogP contribution in [0.1, 0.15) is 24.6 Å². The molecule has 0 radical (unpaired) electrons. The lowest BCUT2D eigenvalue weighted by atomic mass is 10.1. The molecule has 1 aliphatic heterocycles. The second kappa shape index (κ2) is 8.75. The van der Waals surface area contributed by atoms with Crippen molar-refractivity contribution in [2.45, 2.75) is 18.9 Å². The lowest BCUT2D eigenvalue weighted by molar-refractivity contribution is 0.360. The number of methoxy groups -OCH3 is 2. The minimum atomic E-state index is -0.0706. The van der Waals surface area contributed by atoms with Gasteiger partial charge in [0.15, 0.2) is 16.6 Å². The summed E-state index contributed by atoms with van der Waals surface area (Å²) in [5, 5.41) is 10.0. The lowest BCUT2D eigenvalue weighted by Crippen LogP contribution is -2.24. The zero-order valence-electron chi connectivity index (χ0n) is 17.4. The largest absolute Gasteiger partial charge is 0.481 e. The molecule has 0 aliphatic carbocycles. The Bertz CT molecular complexity index is 1200. The first-order valence-corrected chi connectivity index (χ1v) is 10.8. The molecule has 0 spiro atoms. The van der Waals surface area contributed by atoms with Crippen LogP contribution >= 0.6 is 11.3 Å². The van der Waals surface area contributed by atoms with Gasteiger partial charge >= 0.3 is 0 Å². The topological polar surface area (TPSA) is 124 Å². The maximum atomic E-state index is 5.70. The van der Waals surface area contributed by atoms with E-state index in [1.165, 1.54) is 11.3 Å². The van der Waals surface area contributed by atoms with Crippen molar-refractivity contribution in [3.63, 3.8) is 0 Å². The smallest absolute Gasteiger partial charge is 0.242 e. The number of aromatic nitrogens is 6. The average Bonchev–Trinajstić information content (AvgIpc) is 3.60. The summed E-state index contributed by atoms with van der Waals surface area (Å²) in [6.07, 6.45) is 6.73. The molecule has 1 saturated heterocycles. The first kappa shape index (κ1) is 20.1. The quantitative estimate of drug-likeness (QED) is 0.443. The van der Waals surface area contributed by atoms with Crippen LogP contribution in [0, 0.1) is 0 Å². The van der Waals surface area contributed by atoms with Crippen LogP contribution in [0.3, 0.4) is 0 Å². The van der Waals surface area contributed by atoms with Crippen molar-refractivity contribution in [1.82, 2.24) is 30.1 Å². The number of hydrogen-bond acceptors (Lipinski definition) is 12. The molecule has 164 valence electrons. The Labute approximate surface area is 187 Å². The molecule has 0 amide bonds. The number of thiazole rings is 1. The van der Waals surface area contributed by atoms with Crippen molar-refractivity contribution in [2.75, 3.05) is 31.0 Å². The van der Waals surface area contributed by atoms with Crippen LogP contribution in [0.4, 0.5) is 16.9 Å². The van der Waals surface area contributed by atoms with Crippen molar-refractivity contribution in [3.05, 3.63) is 41.9 Å². The maximum absolute atomic E-state index is 5.70. The minimum absolute atomic E-state index is 0.0706. The molecule has 1 aliphatic rings. The van der Waals surface area contributed by atoms with Gasteiger partial charge in [-0.25, -0.2) is 15.0 Å². The molecule has 12 heteroatoms. The van der Waals surface area contributed by atoms with E-state index in [1.807, 2.05) is 11.4 Å².